The Bertz CT molecular complexity index is 185. The number of nitrogens with one attached hydrogen (secondary N) is 1. The van der Waals surface area contributed by atoms with Gasteiger partial charge in [-0.1, -0.05) is 0 Å². The minimum absolute atomic E-state index is 0.0640. The molecule has 4 heteroatoms. The molecule has 2 rings (SSSR count). The van der Waals surface area contributed by atoms with Crippen molar-refractivity contribution in [3.8, 4) is 0 Å². The predicted molar refractivity (Wildman–Crippen MR) is 47.4 cm³/mol. The lowest BCUT2D eigenvalue weighted by Crippen LogP contribution is -2.70. The van der Waals surface area contributed by atoms with Gasteiger partial charge < -0.3 is 20.3 Å². The molecule has 2 aliphatic heterocycles. The number of rotatable bonds is 2. The van der Waals surface area contributed by atoms with Gasteiger partial charge in [-0.3, -0.25) is 0 Å². The van der Waals surface area contributed by atoms with Gasteiger partial charge in [-0.2, -0.15) is 0 Å². The van der Waals surface area contributed by atoms with Gasteiger partial charge in [0.1, 0.15) is 0 Å². The molecule has 0 bridgehead atoms. The van der Waals surface area contributed by atoms with E-state index in [9.17, 15) is 10.2 Å². The maximum absolute atomic E-state index is 10.2. The number of aliphatic hydroxyl groups is 2. The largest absolute Gasteiger partial charge is 0.396 e. The number of hydrogen-bond donors (Lipinski definition) is 3. The maximum atomic E-state index is 10.2. The van der Waals surface area contributed by atoms with Crippen LogP contribution in [0.2, 0.25) is 0 Å². The molecule has 3 N–H and O–H groups in total. The van der Waals surface area contributed by atoms with E-state index in [4.69, 9.17) is 4.74 Å². The van der Waals surface area contributed by atoms with Gasteiger partial charge in [-0.05, 0) is 12.8 Å². The molecule has 0 aromatic rings. The molecule has 76 valence electrons. The molecule has 2 fully saturated rings. The first-order valence-corrected chi connectivity index (χ1v) is 4.84. The molecule has 0 unspecified atom stereocenters. The van der Waals surface area contributed by atoms with E-state index in [-0.39, 0.29) is 12.0 Å². The second-order valence-electron chi connectivity index (χ2n) is 4.19. The van der Waals surface area contributed by atoms with Gasteiger partial charge in [0.15, 0.2) is 0 Å². The molecule has 0 saturated carbocycles. The Balaban J connectivity index is 2.12. The smallest absolute Gasteiger partial charge is 0.0974 e. The Labute approximate surface area is 77.9 Å². The number of hydrogen-bond acceptors (Lipinski definition) is 4. The fraction of sp³-hybridized carbons (Fsp3) is 1.00. The van der Waals surface area contributed by atoms with Crippen molar-refractivity contribution in [2.75, 3.05) is 32.9 Å². The Morgan fingerprint density at radius 2 is 1.85 bits per heavy atom. The van der Waals surface area contributed by atoms with Crippen molar-refractivity contribution >= 4 is 0 Å². The summed E-state index contributed by atoms with van der Waals surface area (Å²) in [6, 6.07) is 0. The molecule has 2 heterocycles. The summed E-state index contributed by atoms with van der Waals surface area (Å²) in [7, 11) is 0. The summed E-state index contributed by atoms with van der Waals surface area (Å²) in [4.78, 5) is 0. The van der Waals surface area contributed by atoms with E-state index in [1.807, 2.05) is 0 Å². The Morgan fingerprint density at radius 1 is 1.23 bits per heavy atom. The van der Waals surface area contributed by atoms with Crippen LogP contribution < -0.4 is 5.32 Å². The minimum Gasteiger partial charge on any atom is -0.396 e. The third kappa shape index (κ3) is 1.29. The van der Waals surface area contributed by atoms with E-state index in [1.54, 1.807) is 0 Å². The fourth-order valence-electron chi connectivity index (χ4n) is 2.27. The quantitative estimate of drug-likeness (QED) is 0.525. The highest BCUT2D eigenvalue weighted by Crippen LogP contribution is 2.42. The lowest BCUT2D eigenvalue weighted by atomic mass is 9.64. The van der Waals surface area contributed by atoms with Crippen molar-refractivity contribution < 1.29 is 14.9 Å². The summed E-state index contributed by atoms with van der Waals surface area (Å²) in [5, 5.41) is 22.7. The van der Waals surface area contributed by atoms with E-state index < -0.39 is 5.60 Å². The molecule has 0 atom stereocenters. The first kappa shape index (κ1) is 9.40. The summed E-state index contributed by atoms with van der Waals surface area (Å²) in [5.74, 6) is 0. The Hall–Kier alpha value is -0.160. The van der Waals surface area contributed by atoms with Gasteiger partial charge in [0, 0.05) is 31.7 Å². The zero-order chi connectivity index (χ0) is 9.36. The van der Waals surface area contributed by atoms with Gasteiger partial charge in [0.2, 0.25) is 0 Å². The highest BCUT2D eigenvalue weighted by molar-refractivity contribution is 5.07. The Morgan fingerprint density at radius 3 is 2.23 bits per heavy atom. The van der Waals surface area contributed by atoms with Gasteiger partial charge in [-0.15, -0.1) is 0 Å². The molecule has 0 amide bonds. The summed E-state index contributed by atoms with van der Waals surface area (Å²) in [5.41, 5.74) is -1.03. The zero-order valence-electron chi connectivity index (χ0n) is 7.75. The first-order valence-electron chi connectivity index (χ1n) is 4.84. The van der Waals surface area contributed by atoms with Crippen LogP contribution in [0.1, 0.15) is 12.8 Å². The van der Waals surface area contributed by atoms with Crippen molar-refractivity contribution in [3.63, 3.8) is 0 Å². The van der Waals surface area contributed by atoms with E-state index in [0.717, 1.165) is 12.8 Å². The second-order valence-corrected chi connectivity index (χ2v) is 4.19. The molecule has 13 heavy (non-hydrogen) atoms. The van der Waals surface area contributed by atoms with Gasteiger partial charge in [-0.25, -0.2) is 0 Å². The minimum atomic E-state index is -0.703. The molecule has 2 aliphatic rings. The molecule has 4 nitrogen and oxygen atoms in total. The molecule has 0 spiro atoms. The molecular formula is C9H17NO3. The van der Waals surface area contributed by atoms with Crippen molar-refractivity contribution in [2.24, 2.45) is 5.41 Å². The van der Waals surface area contributed by atoms with Crippen molar-refractivity contribution in [1.82, 2.24) is 5.32 Å². The van der Waals surface area contributed by atoms with Gasteiger partial charge in [0.25, 0.3) is 0 Å². The van der Waals surface area contributed by atoms with Crippen LogP contribution in [-0.2, 0) is 4.74 Å². The zero-order valence-corrected chi connectivity index (χ0v) is 7.75. The molecule has 2 saturated heterocycles. The van der Waals surface area contributed by atoms with Crippen LogP contribution in [0.4, 0.5) is 0 Å². The number of aliphatic hydroxyl groups excluding tert-OH is 1. The van der Waals surface area contributed by atoms with Crippen LogP contribution in [0.25, 0.3) is 0 Å². The van der Waals surface area contributed by atoms with Crippen LogP contribution in [0.15, 0.2) is 0 Å². The highest BCUT2D eigenvalue weighted by atomic mass is 16.5. The van der Waals surface area contributed by atoms with Crippen LogP contribution in [0, 0.1) is 5.41 Å². The summed E-state index contributed by atoms with van der Waals surface area (Å²) in [6.45, 7) is 2.58. The lowest BCUT2D eigenvalue weighted by Gasteiger charge is -2.53. The third-order valence-electron chi connectivity index (χ3n) is 3.57. The van der Waals surface area contributed by atoms with Crippen LogP contribution in [0.5, 0.6) is 0 Å². The van der Waals surface area contributed by atoms with Gasteiger partial charge in [0.05, 0.1) is 12.2 Å². The predicted octanol–water partition coefficient (Wildman–Crippen LogP) is -0.890. The van der Waals surface area contributed by atoms with E-state index in [0.29, 0.717) is 26.3 Å². The topological polar surface area (TPSA) is 61.7 Å². The van der Waals surface area contributed by atoms with Gasteiger partial charge >= 0.3 is 0 Å². The van der Waals surface area contributed by atoms with Crippen molar-refractivity contribution in [2.45, 2.75) is 18.4 Å². The SMILES string of the molecule is OCC1(C2(O)CNC2)CCOCC1. The molecule has 0 aromatic heterocycles. The maximum Gasteiger partial charge on any atom is 0.0974 e. The molecule has 0 radical (unpaired) electrons. The average molecular weight is 187 g/mol. The molecule has 0 aromatic carbocycles. The summed E-state index contributed by atoms with van der Waals surface area (Å²) < 4.78 is 5.25. The van der Waals surface area contributed by atoms with E-state index >= 15 is 0 Å². The second kappa shape index (κ2) is 3.20. The van der Waals surface area contributed by atoms with Crippen LogP contribution in [-0.4, -0.2) is 48.7 Å². The fourth-order valence-corrected chi connectivity index (χ4v) is 2.27. The summed E-state index contributed by atoms with van der Waals surface area (Å²) in [6.07, 6.45) is 1.53. The highest BCUT2D eigenvalue weighted by Gasteiger charge is 2.53. The van der Waals surface area contributed by atoms with Crippen molar-refractivity contribution in [3.05, 3.63) is 0 Å². The average Bonchev–Trinajstić information content (AvgIpc) is 2.15. The lowest BCUT2D eigenvalue weighted by molar-refractivity contribution is -0.175. The van der Waals surface area contributed by atoms with Crippen LogP contribution >= 0.6 is 0 Å². The standard InChI is InChI=1S/C9H17NO3/c11-7-8(1-3-13-4-2-8)9(12)5-10-6-9/h10-12H,1-7H2. The monoisotopic (exact) mass is 187 g/mol. The number of ether oxygens (including phenoxy) is 1. The van der Waals surface area contributed by atoms with Crippen LogP contribution in [0.3, 0.4) is 0 Å². The normalized spacial score (nSPS) is 30.9. The first-order chi connectivity index (χ1) is 6.22. The molecular weight excluding hydrogens is 170 g/mol. The Kier molecular flexibility index (Phi) is 2.32. The molecule has 0 aliphatic carbocycles. The number of β-amino-alcohol motifs (C(OH)–C–C–N with tert-alkyl or cyclic N) is 1. The van der Waals surface area contributed by atoms with E-state index in [1.165, 1.54) is 0 Å². The van der Waals surface area contributed by atoms with E-state index in [2.05, 4.69) is 5.32 Å². The van der Waals surface area contributed by atoms with Crippen molar-refractivity contribution in [1.29, 1.82) is 0 Å². The third-order valence-corrected chi connectivity index (χ3v) is 3.57. The summed E-state index contributed by atoms with van der Waals surface area (Å²) >= 11 is 0.